The number of H-pyrrole nitrogens is 1. The summed E-state index contributed by atoms with van der Waals surface area (Å²) in [5.41, 5.74) is 1.15. The number of benzene rings is 2. The Bertz CT molecular complexity index is 1320. The molecule has 2 aromatic heterocycles. The summed E-state index contributed by atoms with van der Waals surface area (Å²) in [5, 5.41) is 5.43. The van der Waals surface area contributed by atoms with Gasteiger partial charge >= 0.3 is 0 Å². The summed E-state index contributed by atoms with van der Waals surface area (Å²) in [4.78, 5) is 32.6. The first-order valence-corrected chi connectivity index (χ1v) is 12.4. The van der Waals surface area contributed by atoms with Gasteiger partial charge in [-0.2, -0.15) is 0 Å². The molecule has 0 spiro atoms. The summed E-state index contributed by atoms with van der Waals surface area (Å²) >= 11 is 2.48. The number of carbonyl (C=O) groups is 1. The first-order chi connectivity index (χ1) is 16.5. The van der Waals surface area contributed by atoms with E-state index in [-0.39, 0.29) is 23.0 Å². The molecule has 176 valence electrons. The largest absolute Gasteiger partial charge is 0.494 e. The molecule has 1 amide bonds. The van der Waals surface area contributed by atoms with Gasteiger partial charge in [0.25, 0.3) is 5.56 Å². The Balaban J connectivity index is 1.28. The van der Waals surface area contributed by atoms with Crippen LogP contribution in [0.4, 0.5) is 4.39 Å². The number of carbonyl (C=O) groups excluding carboxylic acids is 1. The van der Waals surface area contributed by atoms with Gasteiger partial charge in [0.1, 0.15) is 28.8 Å². The molecule has 0 atom stereocenters. The van der Waals surface area contributed by atoms with Crippen LogP contribution in [0.1, 0.15) is 6.92 Å². The number of nitrogens with one attached hydrogen (secondary N) is 2. The van der Waals surface area contributed by atoms with Crippen molar-refractivity contribution in [1.29, 1.82) is 0 Å². The third kappa shape index (κ3) is 5.95. The van der Waals surface area contributed by atoms with E-state index < -0.39 is 0 Å². The fraction of sp³-hybridized carbons (Fsp3) is 0.208. The van der Waals surface area contributed by atoms with Crippen molar-refractivity contribution in [2.24, 2.45) is 0 Å². The second-order valence-corrected chi connectivity index (χ2v) is 8.92. The van der Waals surface area contributed by atoms with E-state index in [0.29, 0.717) is 46.4 Å². The van der Waals surface area contributed by atoms with Crippen LogP contribution in [0.15, 0.2) is 63.9 Å². The van der Waals surface area contributed by atoms with Crippen LogP contribution in [0.3, 0.4) is 0 Å². The van der Waals surface area contributed by atoms with E-state index in [2.05, 4.69) is 15.3 Å². The molecular weight excluding hydrogens is 477 g/mol. The third-order valence-corrected chi connectivity index (χ3v) is 6.49. The second kappa shape index (κ2) is 11.2. The van der Waals surface area contributed by atoms with Crippen molar-refractivity contribution in [3.63, 3.8) is 0 Å². The highest BCUT2D eigenvalue weighted by molar-refractivity contribution is 7.99. The maximum Gasteiger partial charge on any atom is 0.260 e. The lowest BCUT2D eigenvalue weighted by Gasteiger charge is -2.09. The molecule has 4 rings (SSSR count). The van der Waals surface area contributed by atoms with Crippen LogP contribution in [0.5, 0.6) is 11.5 Å². The zero-order valence-electron chi connectivity index (χ0n) is 18.3. The van der Waals surface area contributed by atoms with Gasteiger partial charge in [0, 0.05) is 10.9 Å². The molecule has 4 aromatic rings. The van der Waals surface area contributed by atoms with Gasteiger partial charge in [0.15, 0.2) is 5.16 Å². The molecule has 0 fully saturated rings. The van der Waals surface area contributed by atoms with Crippen LogP contribution >= 0.6 is 23.1 Å². The highest BCUT2D eigenvalue weighted by Gasteiger charge is 2.14. The average Bonchev–Trinajstić information content (AvgIpc) is 3.27. The minimum absolute atomic E-state index is 0.105. The van der Waals surface area contributed by atoms with Crippen LogP contribution in [0.25, 0.3) is 21.3 Å². The SMILES string of the molecule is CCOc1ccc(OCCNC(=O)CSc2nc3scc(-c4ccc(F)cc4)c3c(=O)[nH]2)cc1. The van der Waals surface area contributed by atoms with Crippen LogP contribution in [0, 0.1) is 5.82 Å². The zero-order valence-corrected chi connectivity index (χ0v) is 19.9. The van der Waals surface area contributed by atoms with Gasteiger partial charge in [-0.25, -0.2) is 9.37 Å². The molecule has 2 N–H and O–H groups in total. The van der Waals surface area contributed by atoms with E-state index in [1.165, 1.54) is 23.5 Å². The molecule has 0 aliphatic rings. The van der Waals surface area contributed by atoms with Crippen molar-refractivity contribution in [2.75, 3.05) is 25.5 Å². The summed E-state index contributed by atoms with van der Waals surface area (Å²) in [7, 11) is 0. The van der Waals surface area contributed by atoms with Gasteiger partial charge in [-0.1, -0.05) is 23.9 Å². The number of fused-ring (bicyclic) bond motifs is 1. The van der Waals surface area contributed by atoms with E-state index in [1.807, 2.05) is 36.6 Å². The zero-order chi connectivity index (χ0) is 23.9. The predicted molar refractivity (Wildman–Crippen MR) is 132 cm³/mol. The van der Waals surface area contributed by atoms with Gasteiger partial charge in [0.2, 0.25) is 5.91 Å². The maximum absolute atomic E-state index is 13.2. The average molecular weight is 500 g/mol. The van der Waals surface area contributed by atoms with Gasteiger partial charge in [-0.05, 0) is 48.9 Å². The van der Waals surface area contributed by atoms with Crippen molar-refractivity contribution >= 4 is 39.2 Å². The van der Waals surface area contributed by atoms with E-state index in [1.54, 1.807) is 12.1 Å². The molecule has 0 radical (unpaired) electrons. The minimum atomic E-state index is -0.338. The quantitative estimate of drug-likeness (QED) is 0.190. The number of nitrogens with zero attached hydrogens (tertiary/aromatic N) is 1. The second-order valence-electron chi connectivity index (χ2n) is 7.10. The first kappa shape index (κ1) is 23.8. The molecular formula is C24H22FN3O4S2. The van der Waals surface area contributed by atoms with Crippen LogP contribution in [-0.4, -0.2) is 41.4 Å². The fourth-order valence-corrected chi connectivity index (χ4v) is 4.88. The smallest absolute Gasteiger partial charge is 0.260 e. The van der Waals surface area contributed by atoms with Crippen molar-refractivity contribution in [3.8, 4) is 22.6 Å². The van der Waals surface area contributed by atoms with E-state index in [4.69, 9.17) is 9.47 Å². The molecule has 0 saturated carbocycles. The highest BCUT2D eigenvalue weighted by Crippen LogP contribution is 2.31. The summed E-state index contributed by atoms with van der Waals surface area (Å²) in [5.74, 6) is 1.04. The lowest BCUT2D eigenvalue weighted by atomic mass is 10.1. The van der Waals surface area contributed by atoms with Crippen molar-refractivity contribution in [1.82, 2.24) is 15.3 Å². The van der Waals surface area contributed by atoms with Crippen molar-refractivity contribution < 1.29 is 18.7 Å². The number of halogens is 1. The summed E-state index contributed by atoms with van der Waals surface area (Å²) in [6, 6.07) is 13.2. The molecule has 0 aliphatic carbocycles. The monoisotopic (exact) mass is 499 g/mol. The lowest BCUT2D eigenvalue weighted by molar-refractivity contribution is -0.118. The first-order valence-electron chi connectivity index (χ1n) is 10.6. The number of aromatic nitrogens is 2. The van der Waals surface area contributed by atoms with E-state index in [9.17, 15) is 14.0 Å². The third-order valence-electron chi connectivity index (χ3n) is 4.75. The Morgan fingerprint density at radius 1 is 1.12 bits per heavy atom. The lowest BCUT2D eigenvalue weighted by Crippen LogP contribution is -2.29. The van der Waals surface area contributed by atoms with Crippen molar-refractivity contribution in [3.05, 3.63) is 70.1 Å². The molecule has 2 aromatic carbocycles. The normalized spacial score (nSPS) is 10.9. The van der Waals surface area contributed by atoms with Gasteiger partial charge in [0.05, 0.1) is 24.3 Å². The number of hydrogen-bond donors (Lipinski definition) is 2. The van der Waals surface area contributed by atoms with Crippen molar-refractivity contribution in [2.45, 2.75) is 12.1 Å². The maximum atomic E-state index is 13.2. The summed E-state index contributed by atoms with van der Waals surface area (Å²) in [6.07, 6.45) is 0. The number of thiophene rings is 1. The molecule has 10 heteroatoms. The summed E-state index contributed by atoms with van der Waals surface area (Å²) < 4.78 is 24.2. The molecule has 0 unspecified atom stereocenters. The molecule has 2 heterocycles. The number of amides is 1. The number of rotatable bonds is 10. The Hall–Kier alpha value is -3.37. The van der Waals surface area contributed by atoms with Gasteiger partial charge in [-0.15, -0.1) is 11.3 Å². The minimum Gasteiger partial charge on any atom is -0.494 e. The Morgan fingerprint density at radius 3 is 2.53 bits per heavy atom. The molecule has 34 heavy (non-hydrogen) atoms. The number of hydrogen-bond acceptors (Lipinski definition) is 7. The summed E-state index contributed by atoms with van der Waals surface area (Å²) in [6.45, 7) is 3.20. The topological polar surface area (TPSA) is 93.3 Å². The molecule has 0 bridgehead atoms. The van der Waals surface area contributed by atoms with E-state index in [0.717, 1.165) is 23.1 Å². The number of ether oxygens (including phenoxy) is 2. The van der Waals surface area contributed by atoms with Crippen LogP contribution in [-0.2, 0) is 4.79 Å². The molecule has 0 saturated heterocycles. The van der Waals surface area contributed by atoms with Crippen LogP contribution < -0.4 is 20.3 Å². The Labute approximate surface area is 203 Å². The van der Waals surface area contributed by atoms with Crippen LogP contribution in [0.2, 0.25) is 0 Å². The molecule has 7 nitrogen and oxygen atoms in total. The molecule has 0 aliphatic heterocycles. The highest BCUT2D eigenvalue weighted by atomic mass is 32.2. The Kier molecular flexibility index (Phi) is 7.81. The predicted octanol–water partition coefficient (Wildman–Crippen LogP) is 4.48. The van der Waals surface area contributed by atoms with Gasteiger partial charge < -0.3 is 19.8 Å². The van der Waals surface area contributed by atoms with Gasteiger partial charge in [-0.3, -0.25) is 9.59 Å². The fourth-order valence-electron chi connectivity index (χ4n) is 3.18. The standard InChI is InChI=1S/C24H22FN3O4S2/c1-2-31-17-7-9-18(10-8-17)32-12-11-26-20(29)14-34-24-27-22(30)21-19(13-33-23(21)28-24)15-3-5-16(25)6-4-15/h3-10,13H,2,11-12,14H2,1H3,(H,26,29)(H,27,28,30). The van der Waals surface area contributed by atoms with E-state index >= 15 is 0 Å². The number of aromatic amines is 1. The Morgan fingerprint density at radius 2 is 1.82 bits per heavy atom. The number of thioether (sulfide) groups is 1.